The molecule has 0 spiro atoms. The molecule has 1 aromatic rings. The highest BCUT2D eigenvalue weighted by Crippen LogP contribution is 2.30. The molecular weight excluding hydrogens is 273 g/mol. The Morgan fingerprint density at radius 2 is 2.06 bits per heavy atom. The van der Waals surface area contributed by atoms with Gasteiger partial charge in [-0.25, -0.2) is 4.39 Å². The van der Waals surface area contributed by atoms with E-state index in [1.807, 2.05) is 13.8 Å². The van der Waals surface area contributed by atoms with E-state index >= 15 is 0 Å². The van der Waals surface area contributed by atoms with Crippen LogP contribution in [0.15, 0.2) is 22.7 Å². The van der Waals surface area contributed by atoms with Gasteiger partial charge in [0.05, 0.1) is 6.10 Å². The Labute approximate surface area is 104 Å². The van der Waals surface area contributed by atoms with E-state index in [1.54, 1.807) is 12.1 Å². The van der Waals surface area contributed by atoms with Crippen LogP contribution in [0.2, 0.25) is 0 Å². The second kappa shape index (κ2) is 5.75. The first kappa shape index (κ1) is 13.6. The lowest BCUT2D eigenvalue weighted by molar-refractivity contribution is 0.0828. The number of aliphatic hydroxyl groups excluding tert-OH is 1. The Bertz CT molecular complexity index is 357. The molecule has 0 radical (unpaired) electrons. The van der Waals surface area contributed by atoms with Crippen molar-refractivity contribution in [2.24, 2.45) is 17.6 Å². The van der Waals surface area contributed by atoms with Crippen LogP contribution in [0.25, 0.3) is 0 Å². The largest absolute Gasteiger partial charge is 0.388 e. The average molecular weight is 290 g/mol. The molecule has 0 saturated carbocycles. The number of hydrogen-bond donors (Lipinski definition) is 2. The third kappa shape index (κ3) is 3.03. The molecule has 0 aromatic heterocycles. The maximum absolute atomic E-state index is 13.6. The van der Waals surface area contributed by atoms with E-state index in [9.17, 15) is 9.50 Å². The summed E-state index contributed by atoms with van der Waals surface area (Å²) in [5.74, 6) is -0.320. The van der Waals surface area contributed by atoms with Gasteiger partial charge in [0.15, 0.2) is 0 Å². The molecule has 16 heavy (non-hydrogen) atoms. The fraction of sp³-hybridized carbons (Fsp3) is 0.500. The molecule has 90 valence electrons. The molecule has 2 nitrogen and oxygen atoms in total. The van der Waals surface area contributed by atoms with Gasteiger partial charge in [0.25, 0.3) is 0 Å². The maximum atomic E-state index is 13.6. The molecular formula is C12H17BrFNO. The van der Waals surface area contributed by atoms with Gasteiger partial charge in [-0.1, -0.05) is 35.8 Å². The van der Waals surface area contributed by atoms with Crippen molar-refractivity contribution in [1.82, 2.24) is 0 Å². The van der Waals surface area contributed by atoms with E-state index in [0.29, 0.717) is 16.6 Å². The fourth-order valence-electron chi connectivity index (χ4n) is 1.74. The highest BCUT2D eigenvalue weighted by molar-refractivity contribution is 9.10. The van der Waals surface area contributed by atoms with E-state index in [2.05, 4.69) is 15.9 Å². The third-order valence-corrected chi connectivity index (χ3v) is 3.31. The quantitative estimate of drug-likeness (QED) is 0.895. The summed E-state index contributed by atoms with van der Waals surface area (Å²) in [6, 6.07) is 4.66. The van der Waals surface area contributed by atoms with Crippen LogP contribution in [0, 0.1) is 17.7 Å². The second-order valence-electron chi connectivity index (χ2n) is 4.25. The number of nitrogens with two attached hydrogens (primary N) is 1. The summed E-state index contributed by atoms with van der Waals surface area (Å²) in [5.41, 5.74) is 5.91. The molecule has 1 rings (SSSR count). The summed E-state index contributed by atoms with van der Waals surface area (Å²) in [6.07, 6.45) is -0.849. The standard InChI is InChI=1S/C12H17BrFNO/c1-7(2)10(6-15)12(16)9-4-3-8(13)5-11(9)14/h3-5,7,10,12,16H,6,15H2,1-2H3. The number of rotatable bonds is 4. The van der Waals surface area contributed by atoms with Gasteiger partial charge in [-0.3, -0.25) is 0 Å². The molecule has 0 saturated heterocycles. The van der Waals surface area contributed by atoms with Crippen LogP contribution in [0.4, 0.5) is 4.39 Å². The van der Waals surface area contributed by atoms with Crippen molar-refractivity contribution in [1.29, 1.82) is 0 Å². The van der Waals surface area contributed by atoms with Gasteiger partial charge in [-0.05, 0) is 24.6 Å². The monoisotopic (exact) mass is 289 g/mol. The molecule has 4 heteroatoms. The van der Waals surface area contributed by atoms with E-state index in [-0.39, 0.29) is 11.8 Å². The molecule has 0 aliphatic carbocycles. The lowest BCUT2D eigenvalue weighted by Gasteiger charge is -2.25. The van der Waals surface area contributed by atoms with Crippen molar-refractivity contribution in [2.75, 3.05) is 6.54 Å². The lowest BCUT2D eigenvalue weighted by atomic mass is 9.86. The van der Waals surface area contributed by atoms with E-state index in [4.69, 9.17) is 5.73 Å². The molecule has 3 N–H and O–H groups in total. The number of halogens is 2. The van der Waals surface area contributed by atoms with Crippen LogP contribution >= 0.6 is 15.9 Å². The molecule has 0 aliphatic heterocycles. The average Bonchev–Trinajstić information content (AvgIpc) is 2.17. The Morgan fingerprint density at radius 3 is 2.50 bits per heavy atom. The van der Waals surface area contributed by atoms with Crippen LogP contribution in [-0.2, 0) is 0 Å². The van der Waals surface area contributed by atoms with Crippen molar-refractivity contribution < 1.29 is 9.50 Å². The highest BCUT2D eigenvalue weighted by Gasteiger charge is 2.24. The smallest absolute Gasteiger partial charge is 0.130 e. The Kier molecular flexibility index (Phi) is 4.89. The molecule has 0 amide bonds. The van der Waals surface area contributed by atoms with Gasteiger partial charge in [-0.2, -0.15) is 0 Å². The molecule has 0 heterocycles. The second-order valence-corrected chi connectivity index (χ2v) is 5.17. The van der Waals surface area contributed by atoms with Crippen LogP contribution in [0.1, 0.15) is 25.5 Å². The van der Waals surface area contributed by atoms with Gasteiger partial charge in [0.2, 0.25) is 0 Å². The minimum Gasteiger partial charge on any atom is -0.388 e. The Hall–Kier alpha value is -0.450. The van der Waals surface area contributed by atoms with Crippen LogP contribution in [-0.4, -0.2) is 11.7 Å². The topological polar surface area (TPSA) is 46.2 Å². The van der Waals surface area contributed by atoms with Gasteiger partial charge >= 0.3 is 0 Å². The Morgan fingerprint density at radius 1 is 1.44 bits per heavy atom. The summed E-state index contributed by atoms with van der Waals surface area (Å²) in [6.45, 7) is 4.28. The minimum atomic E-state index is -0.849. The fourth-order valence-corrected chi connectivity index (χ4v) is 2.07. The zero-order chi connectivity index (χ0) is 12.3. The summed E-state index contributed by atoms with van der Waals surface area (Å²) < 4.78 is 14.3. The van der Waals surface area contributed by atoms with Crippen molar-refractivity contribution in [2.45, 2.75) is 20.0 Å². The first-order valence-corrected chi connectivity index (χ1v) is 6.09. The third-order valence-electron chi connectivity index (χ3n) is 2.82. The summed E-state index contributed by atoms with van der Waals surface area (Å²) in [4.78, 5) is 0. The predicted octanol–water partition coefficient (Wildman–Crippen LogP) is 2.85. The first-order chi connectivity index (χ1) is 7.47. The van der Waals surface area contributed by atoms with Gasteiger partial charge in [0, 0.05) is 16.0 Å². The number of hydrogen-bond acceptors (Lipinski definition) is 2. The lowest BCUT2D eigenvalue weighted by Crippen LogP contribution is -2.27. The Balaban J connectivity index is 2.99. The van der Waals surface area contributed by atoms with Gasteiger partial charge < -0.3 is 10.8 Å². The zero-order valence-electron chi connectivity index (χ0n) is 9.45. The highest BCUT2D eigenvalue weighted by atomic mass is 79.9. The molecule has 1 aromatic carbocycles. The zero-order valence-corrected chi connectivity index (χ0v) is 11.0. The SMILES string of the molecule is CC(C)C(CN)C(O)c1ccc(Br)cc1F. The summed E-state index contributed by atoms with van der Waals surface area (Å²) >= 11 is 3.18. The minimum absolute atomic E-state index is 0.129. The van der Waals surface area contributed by atoms with E-state index in [0.717, 1.165) is 0 Å². The van der Waals surface area contributed by atoms with Crippen molar-refractivity contribution in [3.05, 3.63) is 34.1 Å². The predicted molar refractivity (Wildman–Crippen MR) is 66.4 cm³/mol. The van der Waals surface area contributed by atoms with Crippen molar-refractivity contribution in [3.63, 3.8) is 0 Å². The molecule has 0 bridgehead atoms. The van der Waals surface area contributed by atoms with Crippen molar-refractivity contribution in [3.8, 4) is 0 Å². The van der Waals surface area contributed by atoms with E-state index in [1.165, 1.54) is 6.07 Å². The molecule has 0 fully saturated rings. The first-order valence-electron chi connectivity index (χ1n) is 5.30. The van der Waals surface area contributed by atoms with Crippen LogP contribution in [0.3, 0.4) is 0 Å². The number of aliphatic hydroxyl groups is 1. The number of benzene rings is 1. The normalized spacial score (nSPS) is 15.2. The van der Waals surface area contributed by atoms with Gasteiger partial charge in [0.1, 0.15) is 5.82 Å². The van der Waals surface area contributed by atoms with E-state index < -0.39 is 11.9 Å². The maximum Gasteiger partial charge on any atom is 0.130 e. The van der Waals surface area contributed by atoms with Gasteiger partial charge in [-0.15, -0.1) is 0 Å². The van der Waals surface area contributed by atoms with Crippen LogP contribution in [0.5, 0.6) is 0 Å². The van der Waals surface area contributed by atoms with Crippen molar-refractivity contribution >= 4 is 15.9 Å². The molecule has 2 atom stereocenters. The molecule has 0 aliphatic rings. The van der Waals surface area contributed by atoms with Crippen LogP contribution < -0.4 is 5.73 Å². The summed E-state index contributed by atoms with van der Waals surface area (Å²) in [5, 5.41) is 10.1. The molecule has 2 unspecified atom stereocenters. The summed E-state index contributed by atoms with van der Waals surface area (Å²) in [7, 11) is 0.